The van der Waals surface area contributed by atoms with Crippen molar-refractivity contribution >= 4 is 93.6 Å². The first-order valence-corrected chi connectivity index (χ1v) is 27.9. The van der Waals surface area contributed by atoms with E-state index in [1.165, 1.54) is 139 Å². The molecule has 2 aliphatic heterocycles. The second-order valence-electron chi connectivity index (χ2n) is 20.1. The molecule has 1 unspecified atom stereocenters. The summed E-state index contributed by atoms with van der Waals surface area (Å²) in [6.45, 7) is 0. The van der Waals surface area contributed by atoms with Gasteiger partial charge in [-0.1, -0.05) is 218 Å². The third-order valence-corrected chi connectivity index (χ3v) is 20.3. The minimum atomic E-state index is -0.638. The molecule has 1 aromatic heterocycles. The topological polar surface area (TPSA) is 3.24 Å². The lowest BCUT2D eigenvalue weighted by molar-refractivity contribution is 0.721. The summed E-state index contributed by atoms with van der Waals surface area (Å²) in [5, 5.41) is 7.66. The molecule has 3 heterocycles. The van der Waals surface area contributed by atoms with Gasteiger partial charge < -0.3 is 4.90 Å². The Balaban J connectivity index is 1.02. The van der Waals surface area contributed by atoms with E-state index in [0.717, 1.165) is 5.69 Å². The molecule has 13 aromatic rings. The largest absolute Gasteiger partial charge is 0.309 e. The van der Waals surface area contributed by atoms with Gasteiger partial charge in [-0.3, -0.25) is 0 Å². The lowest BCUT2D eigenvalue weighted by Gasteiger charge is -2.43. The molecule has 0 saturated carbocycles. The SMILES string of the molecule is c1ccc2c(c1)Sc1cccc(N(c3ccc4c(c3)C3(c5ccccc5-c5ccccc53)c3ccc5ccccc5c3S4)c3cccc4sc5ccccc5c34)c1C21c2ccccc2-c2c1ccc1ccccc21. The van der Waals surface area contributed by atoms with Gasteiger partial charge in [0.05, 0.1) is 22.2 Å². The summed E-state index contributed by atoms with van der Waals surface area (Å²) in [5.41, 5.74) is 18.2. The number of rotatable bonds is 3. The zero-order valence-electron chi connectivity index (χ0n) is 39.8. The van der Waals surface area contributed by atoms with Crippen molar-refractivity contribution in [3.8, 4) is 22.3 Å². The molecule has 17 rings (SSSR count). The van der Waals surface area contributed by atoms with E-state index in [0.29, 0.717) is 0 Å². The standard InChI is InChI=1S/C70H41NS3/c1-3-19-45-42(17-1)35-38-55-65(45)49-23-7-11-27-53(49)70(55)54-28-12-14-32-61(54)73-64-34-16-30-59(67(64)70)71(58-29-15-33-63-66(58)50-24-8-13-31-60(50)72-63)44-37-40-62-57(41-44)69(56-39-36-43-18-2-4-20-46(43)68(56)74-62)51-25-9-5-21-47(51)48-22-6-10-26-52(48)69/h1-41H. The van der Waals surface area contributed by atoms with Gasteiger partial charge in [-0.2, -0.15) is 0 Å². The first-order valence-electron chi connectivity index (χ1n) is 25.5. The quantitative estimate of drug-likeness (QED) is 0.174. The van der Waals surface area contributed by atoms with Crippen LogP contribution < -0.4 is 4.90 Å². The Morgan fingerprint density at radius 1 is 0.324 bits per heavy atom. The maximum atomic E-state index is 2.67. The van der Waals surface area contributed by atoms with Crippen LogP contribution in [0.5, 0.6) is 0 Å². The van der Waals surface area contributed by atoms with E-state index < -0.39 is 10.8 Å². The first-order chi connectivity index (χ1) is 36.7. The number of hydrogen-bond donors (Lipinski definition) is 0. The molecule has 1 atom stereocenters. The number of anilines is 3. The highest BCUT2D eigenvalue weighted by atomic mass is 32.2. The summed E-state index contributed by atoms with van der Waals surface area (Å²) in [6, 6.07) is 95.0. The van der Waals surface area contributed by atoms with Crippen LogP contribution in [0.2, 0.25) is 0 Å². The molecule has 0 bridgehead atoms. The van der Waals surface area contributed by atoms with Crippen molar-refractivity contribution in [2.24, 2.45) is 0 Å². The Morgan fingerprint density at radius 3 is 1.69 bits per heavy atom. The van der Waals surface area contributed by atoms with Crippen molar-refractivity contribution in [3.05, 3.63) is 293 Å². The summed E-state index contributed by atoms with van der Waals surface area (Å²) in [5.74, 6) is 0. The molecule has 0 radical (unpaired) electrons. The average molecular weight is 992 g/mol. The van der Waals surface area contributed by atoms with Gasteiger partial charge in [0.2, 0.25) is 0 Å². The molecule has 2 aliphatic carbocycles. The van der Waals surface area contributed by atoms with Gasteiger partial charge >= 0.3 is 0 Å². The maximum absolute atomic E-state index is 2.67. The highest BCUT2D eigenvalue weighted by Crippen LogP contribution is 2.67. The molecule has 2 spiro atoms. The van der Waals surface area contributed by atoms with E-state index in [2.05, 4.69) is 254 Å². The van der Waals surface area contributed by atoms with Crippen LogP contribution in [0.3, 0.4) is 0 Å². The Hall–Kier alpha value is -8.12. The Kier molecular flexibility index (Phi) is 8.51. The number of thiophene rings is 1. The Morgan fingerprint density at radius 2 is 0.892 bits per heavy atom. The second kappa shape index (κ2) is 15.2. The average Bonchev–Trinajstić information content (AvgIpc) is 4.28. The predicted molar refractivity (Wildman–Crippen MR) is 312 cm³/mol. The maximum Gasteiger partial charge on any atom is 0.0756 e. The monoisotopic (exact) mass is 991 g/mol. The molecule has 12 aromatic carbocycles. The van der Waals surface area contributed by atoms with Crippen molar-refractivity contribution in [1.29, 1.82) is 0 Å². The highest BCUT2D eigenvalue weighted by molar-refractivity contribution is 8.00. The van der Waals surface area contributed by atoms with Crippen molar-refractivity contribution in [1.82, 2.24) is 0 Å². The minimum absolute atomic E-state index is 0.577. The molecule has 1 nitrogen and oxygen atoms in total. The van der Waals surface area contributed by atoms with Crippen LogP contribution in [-0.4, -0.2) is 0 Å². The zero-order valence-corrected chi connectivity index (χ0v) is 42.3. The predicted octanol–water partition coefficient (Wildman–Crippen LogP) is 19.5. The van der Waals surface area contributed by atoms with Crippen molar-refractivity contribution in [2.75, 3.05) is 4.90 Å². The number of benzene rings is 12. The fourth-order valence-electron chi connectivity index (χ4n) is 14.0. The van der Waals surface area contributed by atoms with E-state index >= 15 is 0 Å². The molecule has 4 heteroatoms. The molecule has 0 saturated heterocycles. The lowest BCUT2D eigenvalue weighted by Crippen LogP contribution is -2.34. The van der Waals surface area contributed by atoms with Crippen LogP contribution in [0.15, 0.2) is 268 Å². The fraction of sp³-hybridized carbons (Fsp3) is 0.0286. The third kappa shape index (κ3) is 5.22. The van der Waals surface area contributed by atoms with Crippen molar-refractivity contribution in [3.63, 3.8) is 0 Å². The van der Waals surface area contributed by atoms with Gasteiger partial charge in [-0.25, -0.2) is 0 Å². The van der Waals surface area contributed by atoms with Crippen LogP contribution in [0.25, 0.3) is 64.0 Å². The van der Waals surface area contributed by atoms with Crippen LogP contribution in [-0.2, 0) is 10.8 Å². The molecular formula is C70H41NS3. The molecule has 0 N–H and O–H groups in total. The van der Waals surface area contributed by atoms with Gasteiger partial charge in [-0.05, 0) is 137 Å². The van der Waals surface area contributed by atoms with Crippen molar-refractivity contribution in [2.45, 2.75) is 30.4 Å². The smallest absolute Gasteiger partial charge is 0.0756 e. The van der Waals surface area contributed by atoms with E-state index in [1.807, 2.05) is 34.9 Å². The highest BCUT2D eigenvalue weighted by Gasteiger charge is 2.54. The normalized spacial score (nSPS) is 15.9. The van der Waals surface area contributed by atoms with Crippen LogP contribution in [0.1, 0.15) is 44.5 Å². The van der Waals surface area contributed by atoms with Gasteiger partial charge in [-0.15, -0.1) is 11.3 Å². The zero-order chi connectivity index (χ0) is 48.3. The minimum Gasteiger partial charge on any atom is -0.309 e. The van der Waals surface area contributed by atoms with Crippen LogP contribution in [0, 0.1) is 0 Å². The Labute approximate surface area is 441 Å². The van der Waals surface area contributed by atoms with Crippen LogP contribution >= 0.6 is 34.9 Å². The fourth-order valence-corrected chi connectivity index (χ4v) is 17.7. The molecular weight excluding hydrogens is 951 g/mol. The summed E-state index contributed by atoms with van der Waals surface area (Å²) in [7, 11) is 0. The molecule has 0 fully saturated rings. The second-order valence-corrected chi connectivity index (χ2v) is 23.3. The summed E-state index contributed by atoms with van der Waals surface area (Å²) >= 11 is 5.74. The lowest BCUT2D eigenvalue weighted by atomic mass is 9.66. The summed E-state index contributed by atoms with van der Waals surface area (Å²) in [6.07, 6.45) is 0. The number of hydrogen-bond acceptors (Lipinski definition) is 4. The van der Waals surface area contributed by atoms with Gasteiger partial charge in [0.25, 0.3) is 0 Å². The van der Waals surface area contributed by atoms with Gasteiger partial charge in [0, 0.05) is 51.0 Å². The third-order valence-electron chi connectivity index (χ3n) is 16.8. The van der Waals surface area contributed by atoms with Crippen molar-refractivity contribution < 1.29 is 0 Å². The van der Waals surface area contributed by atoms with Crippen LogP contribution in [0.4, 0.5) is 17.1 Å². The number of nitrogens with zero attached hydrogens (tertiary/aromatic N) is 1. The summed E-state index contributed by atoms with van der Waals surface area (Å²) < 4.78 is 2.57. The van der Waals surface area contributed by atoms with E-state index in [1.54, 1.807) is 0 Å². The summed E-state index contributed by atoms with van der Waals surface area (Å²) in [4.78, 5) is 7.85. The van der Waals surface area contributed by atoms with Gasteiger partial charge in [0.15, 0.2) is 0 Å². The molecule has 344 valence electrons. The Bertz CT molecular complexity index is 4550. The van der Waals surface area contributed by atoms with E-state index in [4.69, 9.17) is 0 Å². The van der Waals surface area contributed by atoms with E-state index in [9.17, 15) is 0 Å². The first kappa shape index (κ1) is 41.4. The van der Waals surface area contributed by atoms with Gasteiger partial charge in [0.1, 0.15) is 0 Å². The molecule has 0 amide bonds. The molecule has 74 heavy (non-hydrogen) atoms. The van der Waals surface area contributed by atoms with E-state index in [-0.39, 0.29) is 0 Å². The molecule has 4 aliphatic rings. The number of fused-ring (bicyclic) bond motifs is 25.